The van der Waals surface area contributed by atoms with Gasteiger partial charge in [-0.2, -0.15) is 0 Å². The molecule has 1 aromatic rings. The number of likely N-dealkylation sites (N-methyl/N-ethyl adjacent to an activating group) is 1. The average Bonchev–Trinajstić information content (AvgIpc) is 2.31. The molecule has 1 rings (SSSR count). The van der Waals surface area contributed by atoms with E-state index in [9.17, 15) is 9.18 Å². The van der Waals surface area contributed by atoms with Crippen LogP contribution in [0.2, 0.25) is 0 Å². The fourth-order valence-corrected chi connectivity index (χ4v) is 1.85. The second kappa shape index (κ2) is 6.22. The molecule has 20 heavy (non-hydrogen) atoms. The zero-order chi connectivity index (χ0) is 15.5. The number of nitrogens with one attached hydrogen (secondary N) is 1. The summed E-state index contributed by atoms with van der Waals surface area (Å²) in [5, 5.41) is 2.55. The number of benzene rings is 1. The van der Waals surface area contributed by atoms with E-state index in [1.165, 1.54) is 18.2 Å². The number of amides is 1. The maximum Gasteiger partial charge on any atom is 0.238 e. The Morgan fingerprint density at radius 1 is 1.45 bits per heavy atom. The van der Waals surface area contributed by atoms with E-state index < -0.39 is 5.82 Å². The van der Waals surface area contributed by atoms with Crippen LogP contribution < -0.4 is 11.1 Å². The van der Waals surface area contributed by atoms with Gasteiger partial charge in [0.05, 0.1) is 12.2 Å². The predicted molar refractivity (Wildman–Crippen MR) is 81.0 cm³/mol. The second-order valence-corrected chi connectivity index (χ2v) is 6.24. The summed E-state index contributed by atoms with van der Waals surface area (Å²) in [5.41, 5.74) is 6.18. The number of hydrogen-bond donors (Lipinski definition) is 2. The van der Waals surface area contributed by atoms with E-state index in [1.807, 2.05) is 11.9 Å². The summed E-state index contributed by atoms with van der Waals surface area (Å²) in [5.74, 6) is -0.743. The lowest BCUT2D eigenvalue weighted by Crippen LogP contribution is -2.43. The number of carbonyl (C=O) groups excluding carboxylic acids is 1. The molecule has 0 fully saturated rings. The lowest BCUT2D eigenvalue weighted by atomic mass is 9.87. The topological polar surface area (TPSA) is 58.4 Å². The molecule has 0 aliphatic carbocycles. The number of halogens is 1. The van der Waals surface area contributed by atoms with Crippen molar-refractivity contribution in [2.75, 3.05) is 24.6 Å². The molecule has 0 radical (unpaired) electrons. The summed E-state index contributed by atoms with van der Waals surface area (Å²) in [7, 11) is 1.88. The molecule has 4 nitrogen and oxygen atoms in total. The van der Waals surface area contributed by atoms with E-state index in [1.54, 1.807) is 0 Å². The highest BCUT2D eigenvalue weighted by molar-refractivity contribution is 5.92. The lowest BCUT2D eigenvalue weighted by molar-refractivity contribution is -0.117. The van der Waals surface area contributed by atoms with E-state index in [0.29, 0.717) is 5.69 Å². The molecule has 5 heteroatoms. The molecule has 1 aromatic carbocycles. The molecule has 0 aliphatic heterocycles. The molecule has 3 N–H and O–H groups in total. The van der Waals surface area contributed by atoms with Gasteiger partial charge in [0.1, 0.15) is 5.82 Å². The molecular weight excluding hydrogens is 257 g/mol. The Bertz CT molecular complexity index is 482. The predicted octanol–water partition coefficient (Wildman–Crippen LogP) is 2.71. The molecule has 1 atom stereocenters. The fraction of sp³-hybridized carbons (Fsp3) is 0.533. The van der Waals surface area contributed by atoms with Gasteiger partial charge in [-0.15, -0.1) is 0 Å². The molecule has 0 spiro atoms. The van der Waals surface area contributed by atoms with Crippen molar-refractivity contribution in [2.24, 2.45) is 5.41 Å². The van der Waals surface area contributed by atoms with Crippen molar-refractivity contribution in [3.8, 4) is 0 Å². The van der Waals surface area contributed by atoms with Crippen LogP contribution in [0.15, 0.2) is 18.2 Å². The third-order valence-corrected chi connectivity index (χ3v) is 3.57. The number of nitrogens with zero attached hydrogens (tertiary/aromatic N) is 1. The summed E-state index contributed by atoms with van der Waals surface area (Å²) in [6.07, 6.45) is 0. The number of nitrogen functional groups attached to an aromatic ring is 1. The molecule has 0 saturated heterocycles. The second-order valence-electron chi connectivity index (χ2n) is 6.24. The van der Waals surface area contributed by atoms with Gasteiger partial charge < -0.3 is 11.1 Å². The van der Waals surface area contributed by atoms with E-state index >= 15 is 0 Å². The first-order valence-corrected chi connectivity index (χ1v) is 6.66. The Hall–Kier alpha value is -1.62. The maximum absolute atomic E-state index is 13.5. The highest BCUT2D eigenvalue weighted by atomic mass is 19.1. The monoisotopic (exact) mass is 281 g/mol. The molecule has 0 saturated carbocycles. The summed E-state index contributed by atoms with van der Waals surface area (Å²) >= 11 is 0. The van der Waals surface area contributed by atoms with Gasteiger partial charge >= 0.3 is 0 Å². The number of anilines is 2. The number of rotatable bonds is 4. The Morgan fingerprint density at radius 2 is 2.05 bits per heavy atom. The van der Waals surface area contributed by atoms with Crippen LogP contribution in [0.3, 0.4) is 0 Å². The van der Waals surface area contributed by atoms with Gasteiger partial charge in [-0.1, -0.05) is 20.8 Å². The quantitative estimate of drug-likeness (QED) is 0.834. The van der Waals surface area contributed by atoms with Crippen LogP contribution in [0.25, 0.3) is 0 Å². The zero-order valence-electron chi connectivity index (χ0n) is 12.8. The van der Waals surface area contributed by atoms with Crippen molar-refractivity contribution in [1.82, 2.24) is 4.90 Å². The van der Waals surface area contributed by atoms with Crippen LogP contribution in [0.1, 0.15) is 27.7 Å². The van der Waals surface area contributed by atoms with Crippen molar-refractivity contribution >= 4 is 17.3 Å². The Labute approximate surface area is 120 Å². The zero-order valence-corrected chi connectivity index (χ0v) is 12.8. The van der Waals surface area contributed by atoms with Crippen LogP contribution >= 0.6 is 0 Å². The molecule has 0 aliphatic rings. The summed E-state index contributed by atoms with van der Waals surface area (Å²) in [4.78, 5) is 13.9. The molecule has 0 bridgehead atoms. The van der Waals surface area contributed by atoms with Crippen LogP contribution in [0.5, 0.6) is 0 Å². The minimum atomic E-state index is -0.487. The smallest absolute Gasteiger partial charge is 0.238 e. The molecule has 0 aromatic heterocycles. The molecule has 1 amide bonds. The SMILES string of the molecule is CC(N(C)CC(=O)Nc1cc(N)ccc1F)C(C)(C)C. The lowest BCUT2D eigenvalue weighted by Gasteiger charge is -2.34. The Balaban J connectivity index is 2.66. The Kier molecular flexibility index (Phi) is 5.11. The van der Waals surface area contributed by atoms with Crippen LogP contribution in [-0.2, 0) is 4.79 Å². The largest absolute Gasteiger partial charge is 0.399 e. The summed E-state index contributed by atoms with van der Waals surface area (Å²) in [6.45, 7) is 8.61. The van der Waals surface area contributed by atoms with Crippen LogP contribution in [0, 0.1) is 11.2 Å². The summed E-state index contributed by atoms with van der Waals surface area (Å²) in [6, 6.07) is 4.34. The summed E-state index contributed by atoms with van der Waals surface area (Å²) < 4.78 is 13.5. The molecule has 1 unspecified atom stereocenters. The number of nitrogens with two attached hydrogens (primary N) is 1. The standard InChI is InChI=1S/C15H24FN3O/c1-10(15(2,3)4)19(5)9-14(20)18-13-8-11(17)6-7-12(13)16/h6-8,10H,9,17H2,1-5H3,(H,18,20). The van der Waals surface area contributed by atoms with Crippen molar-refractivity contribution < 1.29 is 9.18 Å². The highest BCUT2D eigenvalue weighted by Crippen LogP contribution is 2.23. The normalized spacial score (nSPS) is 13.3. The minimum absolute atomic E-state index is 0.0669. The third-order valence-electron chi connectivity index (χ3n) is 3.57. The van der Waals surface area contributed by atoms with Gasteiger partial charge in [0.25, 0.3) is 0 Å². The van der Waals surface area contributed by atoms with Crippen LogP contribution in [-0.4, -0.2) is 30.4 Å². The van der Waals surface area contributed by atoms with Crippen LogP contribution in [0.4, 0.5) is 15.8 Å². The van der Waals surface area contributed by atoms with E-state index in [2.05, 4.69) is 33.0 Å². The van der Waals surface area contributed by atoms with Gasteiger partial charge in [0.2, 0.25) is 5.91 Å². The van der Waals surface area contributed by atoms with Gasteiger partial charge in [-0.25, -0.2) is 4.39 Å². The van der Waals surface area contributed by atoms with Gasteiger partial charge in [-0.3, -0.25) is 9.69 Å². The highest BCUT2D eigenvalue weighted by Gasteiger charge is 2.25. The number of hydrogen-bond acceptors (Lipinski definition) is 3. The fourth-order valence-electron chi connectivity index (χ4n) is 1.85. The first-order valence-electron chi connectivity index (χ1n) is 6.66. The first kappa shape index (κ1) is 16.4. The van der Waals surface area contributed by atoms with E-state index in [-0.39, 0.29) is 29.6 Å². The van der Waals surface area contributed by atoms with Crippen molar-refractivity contribution in [1.29, 1.82) is 0 Å². The minimum Gasteiger partial charge on any atom is -0.399 e. The van der Waals surface area contributed by atoms with Gasteiger partial charge in [0.15, 0.2) is 0 Å². The van der Waals surface area contributed by atoms with Crippen molar-refractivity contribution in [3.63, 3.8) is 0 Å². The van der Waals surface area contributed by atoms with Gasteiger partial charge in [0, 0.05) is 11.7 Å². The molecule has 0 heterocycles. The van der Waals surface area contributed by atoms with E-state index in [0.717, 1.165) is 0 Å². The van der Waals surface area contributed by atoms with E-state index in [4.69, 9.17) is 5.73 Å². The molecule has 112 valence electrons. The van der Waals surface area contributed by atoms with Gasteiger partial charge in [-0.05, 0) is 37.6 Å². The molecular formula is C15H24FN3O. The Morgan fingerprint density at radius 3 is 2.60 bits per heavy atom. The van der Waals surface area contributed by atoms with Crippen molar-refractivity contribution in [2.45, 2.75) is 33.7 Å². The first-order chi connectivity index (χ1) is 9.11. The number of carbonyl (C=O) groups is 1. The van der Waals surface area contributed by atoms with Crippen molar-refractivity contribution in [3.05, 3.63) is 24.0 Å². The third kappa shape index (κ3) is 4.49. The average molecular weight is 281 g/mol. The maximum atomic E-state index is 13.5.